The van der Waals surface area contributed by atoms with Crippen molar-refractivity contribution in [1.82, 2.24) is 0 Å². The van der Waals surface area contributed by atoms with Crippen LogP contribution >= 0.6 is 0 Å². The van der Waals surface area contributed by atoms with Gasteiger partial charge in [-0.25, -0.2) is 0 Å². The highest BCUT2D eigenvalue weighted by Gasteiger charge is 2.69. The second-order valence-corrected chi connectivity index (χ2v) is 8.38. The highest BCUT2D eigenvalue weighted by Crippen LogP contribution is 2.46. The Morgan fingerprint density at radius 1 is 1.24 bits per heavy atom. The standard InChI is InChI=1S/C23H25N3O3/c1-14-5-3-7-18-20(14)25-22(28)23(18)19(13-16-6-4-12-26(16)23)21(27)24-15-8-10-17(29-2)11-9-15/h3,5,7-11,16,19H,4,6,12-13H2,1-2H3,(H,24,27)(H,25,28)/p+1/t16-,19+,23-/m0/s1. The summed E-state index contributed by atoms with van der Waals surface area (Å²) < 4.78 is 5.20. The number of quaternary nitrogens is 1. The van der Waals surface area contributed by atoms with E-state index in [1.54, 1.807) is 7.11 Å². The number of ether oxygens (including phenoxy) is 1. The molecule has 1 unspecified atom stereocenters. The van der Waals surface area contributed by atoms with Gasteiger partial charge in [0.25, 0.3) is 5.91 Å². The van der Waals surface area contributed by atoms with Crippen molar-refractivity contribution >= 4 is 23.2 Å². The van der Waals surface area contributed by atoms with Crippen LogP contribution < -0.4 is 20.3 Å². The van der Waals surface area contributed by atoms with Gasteiger partial charge in [0, 0.05) is 30.5 Å². The molecule has 0 bridgehead atoms. The number of methoxy groups -OCH3 is 1. The summed E-state index contributed by atoms with van der Waals surface area (Å²) in [7, 11) is 1.62. The Morgan fingerprint density at radius 2 is 2.03 bits per heavy atom. The number of hydrogen-bond acceptors (Lipinski definition) is 3. The number of carbonyl (C=O) groups excluding carboxylic acids is 2. The highest BCUT2D eigenvalue weighted by molar-refractivity contribution is 6.10. The van der Waals surface area contributed by atoms with Crippen LogP contribution in [-0.4, -0.2) is 31.5 Å². The van der Waals surface area contributed by atoms with Crippen molar-refractivity contribution in [2.24, 2.45) is 5.92 Å². The summed E-state index contributed by atoms with van der Waals surface area (Å²) in [5.41, 5.74) is 2.80. The number of rotatable bonds is 3. The van der Waals surface area contributed by atoms with E-state index in [0.717, 1.165) is 54.1 Å². The van der Waals surface area contributed by atoms with Gasteiger partial charge in [-0.2, -0.15) is 0 Å². The van der Waals surface area contributed by atoms with Gasteiger partial charge in [0.2, 0.25) is 11.4 Å². The smallest absolute Gasteiger partial charge is 0.291 e. The van der Waals surface area contributed by atoms with Crippen LogP contribution in [0.1, 0.15) is 30.4 Å². The number of carbonyl (C=O) groups is 2. The minimum absolute atomic E-state index is 0.0314. The number of amides is 2. The van der Waals surface area contributed by atoms with E-state index >= 15 is 0 Å². The predicted molar refractivity (Wildman–Crippen MR) is 110 cm³/mol. The van der Waals surface area contributed by atoms with Crippen LogP contribution in [-0.2, 0) is 15.1 Å². The average molecular weight is 392 g/mol. The Labute approximate surface area is 170 Å². The van der Waals surface area contributed by atoms with Crippen LogP contribution in [0.5, 0.6) is 5.75 Å². The van der Waals surface area contributed by atoms with Crippen molar-refractivity contribution in [3.8, 4) is 5.75 Å². The summed E-state index contributed by atoms with van der Waals surface area (Å²) in [6, 6.07) is 13.7. The third-order valence-corrected chi connectivity index (χ3v) is 7.01. The summed E-state index contributed by atoms with van der Waals surface area (Å²) >= 11 is 0. The Balaban J connectivity index is 1.55. The Bertz CT molecular complexity index is 987. The zero-order valence-corrected chi connectivity index (χ0v) is 16.7. The number of anilines is 2. The lowest BCUT2D eigenvalue weighted by Gasteiger charge is -2.33. The number of benzene rings is 2. The van der Waals surface area contributed by atoms with Gasteiger partial charge < -0.3 is 20.3 Å². The van der Waals surface area contributed by atoms with Crippen LogP contribution in [0.2, 0.25) is 0 Å². The molecule has 3 aliphatic rings. The first-order valence-corrected chi connectivity index (χ1v) is 10.3. The summed E-state index contributed by atoms with van der Waals surface area (Å²) in [5, 5.41) is 6.17. The zero-order chi connectivity index (χ0) is 20.2. The minimum Gasteiger partial charge on any atom is -0.497 e. The van der Waals surface area contributed by atoms with E-state index in [0.29, 0.717) is 6.04 Å². The third kappa shape index (κ3) is 2.52. The molecule has 0 saturated carbocycles. The molecule has 3 aliphatic heterocycles. The van der Waals surface area contributed by atoms with Gasteiger partial charge in [-0.1, -0.05) is 18.2 Å². The van der Waals surface area contributed by atoms with E-state index < -0.39 is 11.5 Å². The molecule has 6 heteroatoms. The predicted octanol–water partition coefficient (Wildman–Crippen LogP) is 1.86. The lowest BCUT2D eigenvalue weighted by molar-refractivity contribution is -0.947. The second kappa shape index (κ2) is 6.59. The third-order valence-electron chi connectivity index (χ3n) is 7.01. The van der Waals surface area contributed by atoms with Gasteiger partial charge in [0.1, 0.15) is 11.7 Å². The SMILES string of the molecule is COc1ccc(NC(=O)[C@H]2C[C@@H]3CCC[NH+]3[C@]23C(=O)Nc2c(C)cccc23)cc1. The van der Waals surface area contributed by atoms with Gasteiger partial charge in [-0.15, -0.1) is 0 Å². The van der Waals surface area contributed by atoms with E-state index in [-0.39, 0.29) is 11.8 Å². The lowest BCUT2D eigenvalue weighted by atomic mass is 9.78. The van der Waals surface area contributed by atoms with Crippen LogP contribution in [0.15, 0.2) is 42.5 Å². The van der Waals surface area contributed by atoms with Crippen molar-refractivity contribution in [3.63, 3.8) is 0 Å². The summed E-state index contributed by atoms with van der Waals surface area (Å²) in [6.07, 6.45) is 2.90. The van der Waals surface area contributed by atoms with Crippen LogP contribution in [0.4, 0.5) is 11.4 Å². The van der Waals surface area contributed by atoms with Gasteiger partial charge >= 0.3 is 0 Å². The van der Waals surface area contributed by atoms with Crippen LogP contribution in [0, 0.1) is 12.8 Å². The number of aryl methyl sites for hydroxylation is 1. The Kier molecular flexibility index (Phi) is 4.13. The first kappa shape index (κ1) is 18.2. The molecule has 0 aromatic heterocycles. The van der Waals surface area contributed by atoms with E-state index in [1.807, 2.05) is 49.4 Å². The molecular formula is C23H26N3O3+. The highest BCUT2D eigenvalue weighted by atomic mass is 16.5. The first-order valence-electron chi connectivity index (χ1n) is 10.3. The Morgan fingerprint density at radius 3 is 2.79 bits per heavy atom. The molecule has 2 saturated heterocycles. The van der Waals surface area contributed by atoms with Crippen molar-refractivity contribution in [3.05, 3.63) is 53.6 Å². The van der Waals surface area contributed by atoms with Crippen molar-refractivity contribution < 1.29 is 19.2 Å². The molecule has 2 amide bonds. The molecule has 6 nitrogen and oxygen atoms in total. The maximum Gasteiger partial charge on any atom is 0.291 e. The molecule has 150 valence electrons. The fourth-order valence-corrected chi connectivity index (χ4v) is 5.75. The van der Waals surface area contributed by atoms with Crippen LogP contribution in [0.25, 0.3) is 0 Å². The fraction of sp³-hybridized carbons (Fsp3) is 0.391. The average Bonchev–Trinajstić information content (AvgIpc) is 3.38. The number of nitrogens with one attached hydrogen (secondary N) is 3. The quantitative estimate of drug-likeness (QED) is 0.747. The van der Waals surface area contributed by atoms with E-state index in [2.05, 4.69) is 10.6 Å². The minimum atomic E-state index is -0.834. The van der Waals surface area contributed by atoms with Gasteiger partial charge in [0.05, 0.1) is 25.4 Å². The van der Waals surface area contributed by atoms with Crippen molar-refractivity contribution in [2.75, 3.05) is 24.3 Å². The Hall–Kier alpha value is -2.86. The lowest BCUT2D eigenvalue weighted by Crippen LogP contribution is -3.19. The molecule has 1 spiro atoms. The number of fused-ring (bicyclic) bond motifs is 4. The zero-order valence-electron chi connectivity index (χ0n) is 16.7. The van der Waals surface area contributed by atoms with Crippen molar-refractivity contribution in [2.45, 2.75) is 37.8 Å². The molecule has 5 rings (SSSR count). The molecule has 0 aliphatic carbocycles. The molecule has 2 fully saturated rings. The second-order valence-electron chi connectivity index (χ2n) is 8.38. The molecule has 4 atom stereocenters. The van der Waals surface area contributed by atoms with Crippen LogP contribution in [0.3, 0.4) is 0 Å². The summed E-state index contributed by atoms with van der Waals surface area (Å²) in [6.45, 7) is 2.94. The topological polar surface area (TPSA) is 71.9 Å². The first-order chi connectivity index (χ1) is 14.1. The number of para-hydroxylation sites is 1. The van der Waals surface area contributed by atoms with Gasteiger partial charge in [-0.3, -0.25) is 9.59 Å². The molecule has 2 aromatic carbocycles. The van der Waals surface area contributed by atoms with Gasteiger partial charge in [0.15, 0.2) is 0 Å². The monoisotopic (exact) mass is 392 g/mol. The van der Waals surface area contributed by atoms with Crippen molar-refractivity contribution in [1.29, 1.82) is 0 Å². The summed E-state index contributed by atoms with van der Waals surface area (Å²) in [4.78, 5) is 28.2. The molecule has 2 aromatic rings. The molecule has 0 radical (unpaired) electrons. The fourth-order valence-electron chi connectivity index (χ4n) is 5.75. The molecule has 3 N–H and O–H groups in total. The maximum absolute atomic E-state index is 13.5. The maximum atomic E-state index is 13.5. The van der Waals surface area contributed by atoms with E-state index in [9.17, 15) is 9.59 Å². The number of hydrogen-bond donors (Lipinski definition) is 3. The van der Waals surface area contributed by atoms with E-state index in [4.69, 9.17) is 4.74 Å². The molecule has 3 heterocycles. The summed E-state index contributed by atoms with van der Waals surface area (Å²) in [5.74, 6) is 0.232. The molecular weight excluding hydrogens is 366 g/mol. The van der Waals surface area contributed by atoms with E-state index in [1.165, 1.54) is 4.90 Å². The normalized spacial score (nSPS) is 29.4. The largest absolute Gasteiger partial charge is 0.497 e. The molecule has 29 heavy (non-hydrogen) atoms. The van der Waals surface area contributed by atoms with Gasteiger partial charge in [-0.05, 0) is 36.8 Å².